The summed E-state index contributed by atoms with van der Waals surface area (Å²) in [4.78, 5) is 0. The second kappa shape index (κ2) is 8.20. The quantitative estimate of drug-likeness (QED) is 0.564. The first-order valence-electron chi connectivity index (χ1n) is 6.48. The van der Waals surface area contributed by atoms with Crippen molar-refractivity contribution >= 4 is 33.0 Å². The second-order valence-electron chi connectivity index (χ2n) is 4.69. The van der Waals surface area contributed by atoms with Crippen molar-refractivity contribution in [3.63, 3.8) is 0 Å². The zero-order valence-electron chi connectivity index (χ0n) is 11.4. The van der Waals surface area contributed by atoms with Crippen LogP contribution < -0.4 is 11.3 Å². The molecule has 1 atom stereocenters. The minimum Gasteiger partial charge on any atom is -0.271 e. The summed E-state index contributed by atoms with van der Waals surface area (Å²) in [6.07, 6.45) is 1.96. The Labute approximate surface area is 130 Å². The van der Waals surface area contributed by atoms with E-state index in [0.717, 1.165) is 5.56 Å². The van der Waals surface area contributed by atoms with Crippen LogP contribution in [0.4, 0.5) is 0 Å². The van der Waals surface area contributed by atoms with Gasteiger partial charge in [0.15, 0.2) is 0 Å². The molecule has 1 rings (SSSR count). The van der Waals surface area contributed by atoms with Gasteiger partial charge in [-0.05, 0) is 37.0 Å². The summed E-state index contributed by atoms with van der Waals surface area (Å²) in [6.45, 7) is 1.66. The second-order valence-corrected chi connectivity index (χ2v) is 7.98. The number of sulfone groups is 1. The first-order valence-corrected chi connectivity index (χ1v) is 9.06. The number of benzene rings is 1. The first kappa shape index (κ1) is 17.7. The van der Waals surface area contributed by atoms with Gasteiger partial charge in [0.05, 0.1) is 15.8 Å². The molecule has 0 heterocycles. The molecule has 0 saturated heterocycles. The molecule has 1 unspecified atom stereocenters. The van der Waals surface area contributed by atoms with Crippen LogP contribution in [0.3, 0.4) is 0 Å². The number of nitrogens with one attached hydrogen (secondary N) is 1. The van der Waals surface area contributed by atoms with E-state index < -0.39 is 9.84 Å². The molecule has 0 fully saturated rings. The van der Waals surface area contributed by atoms with Crippen molar-refractivity contribution < 1.29 is 8.42 Å². The Bertz CT molecular complexity index is 535. The molecule has 0 bridgehead atoms. The fraction of sp³-hybridized carbons (Fsp3) is 0.538. The third kappa shape index (κ3) is 5.97. The first-order chi connectivity index (χ1) is 9.38. The zero-order chi connectivity index (χ0) is 15.2. The van der Waals surface area contributed by atoms with Gasteiger partial charge in [0.25, 0.3) is 0 Å². The van der Waals surface area contributed by atoms with Crippen molar-refractivity contribution in [2.45, 2.75) is 32.2 Å². The average Bonchev–Trinajstić information content (AvgIpc) is 2.41. The summed E-state index contributed by atoms with van der Waals surface area (Å²) >= 11 is 11.8. The average molecular weight is 339 g/mol. The third-order valence-corrected chi connectivity index (χ3v) is 5.68. The topological polar surface area (TPSA) is 72.2 Å². The fourth-order valence-corrected chi connectivity index (χ4v) is 3.11. The lowest BCUT2D eigenvalue weighted by Gasteiger charge is -2.16. The Balaban J connectivity index is 2.52. The molecular formula is C13H20Cl2N2O2S. The van der Waals surface area contributed by atoms with Gasteiger partial charge in [-0.2, -0.15) is 0 Å². The smallest absolute Gasteiger partial charge is 0.150 e. The fourth-order valence-electron chi connectivity index (χ4n) is 1.89. The van der Waals surface area contributed by atoms with Crippen LogP contribution in [-0.4, -0.2) is 26.0 Å². The maximum atomic E-state index is 11.4. The normalized spacial score (nSPS) is 13.4. The highest BCUT2D eigenvalue weighted by Gasteiger charge is 2.12. The highest BCUT2D eigenvalue weighted by atomic mass is 35.5. The van der Waals surface area contributed by atoms with Crippen LogP contribution in [0.1, 0.15) is 25.3 Å². The van der Waals surface area contributed by atoms with Gasteiger partial charge in [-0.3, -0.25) is 11.3 Å². The van der Waals surface area contributed by atoms with Gasteiger partial charge in [0.2, 0.25) is 0 Å². The molecule has 0 amide bonds. The van der Waals surface area contributed by atoms with Crippen LogP contribution in [0.2, 0.25) is 10.0 Å². The Hall–Kier alpha value is -0.330. The molecule has 0 radical (unpaired) electrons. The molecule has 20 heavy (non-hydrogen) atoms. The molecule has 0 aromatic heterocycles. The van der Waals surface area contributed by atoms with Gasteiger partial charge < -0.3 is 0 Å². The highest BCUT2D eigenvalue weighted by molar-refractivity contribution is 7.91. The van der Waals surface area contributed by atoms with Crippen molar-refractivity contribution in [3.05, 3.63) is 33.8 Å². The molecule has 0 aliphatic carbocycles. The van der Waals surface area contributed by atoms with Crippen molar-refractivity contribution in [1.29, 1.82) is 0 Å². The van der Waals surface area contributed by atoms with Gasteiger partial charge in [0.1, 0.15) is 9.84 Å². The lowest BCUT2D eigenvalue weighted by molar-refractivity contribution is 0.484. The van der Waals surface area contributed by atoms with Crippen molar-refractivity contribution in [2.24, 2.45) is 5.84 Å². The van der Waals surface area contributed by atoms with Crippen molar-refractivity contribution in [3.8, 4) is 0 Å². The Morgan fingerprint density at radius 2 is 2.00 bits per heavy atom. The van der Waals surface area contributed by atoms with Crippen molar-refractivity contribution in [1.82, 2.24) is 5.43 Å². The Morgan fingerprint density at radius 1 is 1.30 bits per heavy atom. The van der Waals surface area contributed by atoms with E-state index in [-0.39, 0.29) is 17.5 Å². The number of rotatable bonds is 8. The van der Waals surface area contributed by atoms with Gasteiger partial charge in [-0.1, -0.05) is 36.2 Å². The van der Waals surface area contributed by atoms with Crippen LogP contribution in [-0.2, 0) is 16.3 Å². The molecule has 7 heteroatoms. The molecule has 0 aliphatic heterocycles. The standard InChI is InChI=1S/C13H20Cl2N2O2S/c1-2-20(18,19)7-3-4-11(17-16)8-10-5-6-12(14)13(15)9-10/h5-6,9,11,17H,2-4,7-8,16H2,1H3. The van der Waals surface area contributed by atoms with Crippen LogP contribution in [0.5, 0.6) is 0 Å². The number of halogens is 2. The molecule has 0 saturated carbocycles. The summed E-state index contributed by atoms with van der Waals surface area (Å²) in [5.41, 5.74) is 3.73. The van der Waals surface area contributed by atoms with Crippen LogP contribution >= 0.6 is 23.2 Å². The maximum Gasteiger partial charge on any atom is 0.150 e. The monoisotopic (exact) mass is 338 g/mol. The largest absolute Gasteiger partial charge is 0.271 e. The van der Waals surface area contributed by atoms with E-state index in [1.165, 1.54) is 0 Å². The molecule has 0 spiro atoms. The van der Waals surface area contributed by atoms with Gasteiger partial charge in [-0.15, -0.1) is 0 Å². The molecule has 1 aromatic rings. The SMILES string of the molecule is CCS(=O)(=O)CCCC(Cc1ccc(Cl)c(Cl)c1)NN. The predicted molar refractivity (Wildman–Crippen MR) is 84.8 cm³/mol. The van der Waals surface area contributed by atoms with Crippen LogP contribution in [0.15, 0.2) is 18.2 Å². The number of hydrogen-bond donors (Lipinski definition) is 2. The van der Waals surface area contributed by atoms with E-state index in [0.29, 0.717) is 29.3 Å². The molecule has 3 N–H and O–H groups in total. The van der Waals surface area contributed by atoms with Crippen LogP contribution in [0, 0.1) is 0 Å². The molecule has 0 aliphatic rings. The van der Waals surface area contributed by atoms with Crippen LogP contribution in [0.25, 0.3) is 0 Å². The third-order valence-electron chi connectivity index (χ3n) is 3.15. The minimum absolute atomic E-state index is 0.0132. The molecule has 1 aromatic carbocycles. The summed E-state index contributed by atoms with van der Waals surface area (Å²) in [5.74, 6) is 5.89. The van der Waals surface area contributed by atoms with Gasteiger partial charge in [-0.25, -0.2) is 8.42 Å². The summed E-state index contributed by atoms with van der Waals surface area (Å²) in [5, 5.41) is 1.02. The Morgan fingerprint density at radius 3 is 2.55 bits per heavy atom. The minimum atomic E-state index is -2.92. The van der Waals surface area contributed by atoms with E-state index >= 15 is 0 Å². The lowest BCUT2D eigenvalue weighted by Crippen LogP contribution is -2.37. The zero-order valence-corrected chi connectivity index (χ0v) is 13.7. The van der Waals surface area contributed by atoms with E-state index in [1.54, 1.807) is 19.1 Å². The maximum absolute atomic E-state index is 11.4. The molecule has 114 valence electrons. The van der Waals surface area contributed by atoms with Crippen molar-refractivity contribution in [2.75, 3.05) is 11.5 Å². The predicted octanol–water partition coefficient (Wildman–Crippen LogP) is 2.58. The number of hydrogen-bond acceptors (Lipinski definition) is 4. The van der Waals surface area contributed by atoms with Gasteiger partial charge in [0, 0.05) is 11.8 Å². The Kier molecular flexibility index (Phi) is 7.26. The molecular weight excluding hydrogens is 319 g/mol. The summed E-state index contributed by atoms with van der Waals surface area (Å²) in [6, 6.07) is 5.45. The van der Waals surface area contributed by atoms with E-state index in [4.69, 9.17) is 29.0 Å². The number of hydrazine groups is 1. The van der Waals surface area contributed by atoms with Gasteiger partial charge >= 0.3 is 0 Å². The summed E-state index contributed by atoms with van der Waals surface area (Å²) in [7, 11) is -2.92. The van der Waals surface area contributed by atoms with E-state index in [9.17, 15) is 8.42 Å². The lowest BCUT2D eigenvalue weighted by atomic mass is 10.0. The summed E-state index contributed by atoms with van der Waals surface area (Å²) < 4.78 is 22.9. The van der Waals surface area contributed by atoms with E-state index in [1.807, 2.05) is 6.07 Å². The van der Waals surface area contributed by atoms with E-state index in [2.05, 4.69) is 5.43 Å². The number of nitrogens with two attached hydrogens (primary N) is 1. The molecule has 4 nitrogen and oxygen atoms in total. The highest BCUT2D eigenvalue weighted by Crippen LogP contribution is 2.23.